The van der Waals surface area contributed by atoms with Gasteiger partial charge in [0.15, 0.2) is 0 Å². The average Bonchev–Trinajstić information content (AvgIpc) is 2.80. The van der Waals surface area contributed by atoms with Crippen LogP contribution in [0.25, 0.3) is 0 Å². The maximum absolute atomic E-state index is 12.4. The van der Waals surface area contributed by atoms with Crippen LogP contribution < -0.4 is 10.1 Å². The third kappa shape index (κ3) is 4.03. The Balaban J connectivity index is 2.08. The molecule has 19 heavy (non-hydrogen) atoms. The zero-order valence-electron chi connectivity index (χ0n) is 10.7. The Labute approximate surface area is 116 Å². The van der Waals surface area contributed by atoms with Crippen molar-refractivity contribution >= 4 is 11.6 Å². The van der Waals surface area contributed by atoms with Crippen LogP contribution in [0.2, 0.25) is 5.02 Å². The number of benzene rings is 1. The van der Waals surface area contributed by atoms with Crippen molar-refractivity contribution in [3.05, 3.63) is 28.8 Å². The van der Waals surface area contributed by atoms with Crippen LogP contribution in [-0.2, 0) is 6.54 Å². The smallest absolute Gasteiger partial charge is 0.387 e. The van der Waals surface area contributed by atoms with Crippen molar-refractivity contribution in [2.75, 3.05) is 20.1 Å². The van der Waals surface area contributed by atoms with E-state index in [0.29, 0.717) is 23.2 Å². The number of likely N-dealkylation sites (tertiary alicyclic amines) is 1. The Kier molecular flexibility index (Phi) is 4.96. The standard InChI is InChI=1S/C13H17ClF2N2O/c1-17-11-4-5-18(8-11)7-9-6-10(14)2-3-12(9)19-13(15)16/h2-3,6,11,13,17H,4-5,7-8H2,1H3. The number of ether oxygens (including phenoxy) is 1. The summed E-state index contributed by atoms with van der Waals surface area (Å²) in [6.07, 6.45) is 1.06. The minimum Gasteiger partial charge on any atom is -0.434 e. The zero-order valence-corrected chi connectivity index (χ0v) is 11.5. The molecule has 1 atom stereocenters. The molecule has 2 rings (SSSR count). The van der Waals surface area contributed by atoms with Crippen molar-refractivity contribution in [2.45, 2.75) is 25.6 Å². The van der Waals surface area contributed by atoms with Gasteiger partial charge in [0.25, 0.3) is 0 Å². The molecule has 3 nitrogen and oxygen atoms in total. The molecule has 6 heteroatoms. The maximum Gasteiger partial charge on any atom is 0.387 e. The summed E-state index contributed by atoms with van der Waals surface area (Å²) in [5, 5.41) is 3.75. The van der Waals surface area contributed by atoms with Gasteiger partial charge in [0.05, 0.1) is 0 Å². The van der Waals surface area contributed by atoms with E-state index in [1.165, 1.54) is 6.07 Å². The third-order valence-corrected chi connectivity index (χ3v) is 3.55. The Hall–Kier alpha value is -0.910. The monoisotopic (exact) mass is 290 g/mol. The largest absolute Gasteiger partial charge is 0.434 e. The highest BCUT2D eigenvalue weighted by atomic mass is 35.5. The second-order valence-electron chi connectivity index (χ2n) is 4.64. The molecule has 0 bridgehead atoms. The van der Waals surface area contributed by atoms with Crippen LogP contribution in [-0.4, -0.2) is 37.7 Å². The molecule has 1 N–H and O–H groups in total. The first-order valence-corrected chi connectivity index (χ1v) is 6.59. The number of nitrogens with one attached hydrogen (secondary N) is 1. The van der Waals surface area contributed by atoms with Crippen LogP contribution in [0.3, 0.4) is 0 Å². The molecule has 106 valence electrons. The van der Waals surface area contributed by atoms with Crippen molar-refractivity contribution in [2.24, 2.45) is 0 Å². The normalized spacial score (nSPS) is 20.2. The zero-order chi connectivity index (χ0) is 13.8. The van der Waals surface area contributed by atoms with Crippen LogP contribution in [0.15, 0.2) is 18.2 Å². The first-order valence-electron chi connectivity index (χ1n) is 6.21. The summed E-state index contributed by atoms with van der Waals surface area (Å²) in [5.41, 5.74) is 0.699. The van der Waals surface area contributed by atoms with E-state index >= 15 is 0 Å². The maximum atomic E-state index is 12.4. The van der Waals surface area contributed by atoms with E-state index in [1.54, 1.807) is 12.1 Å². The summed E-state index contributed by atoms with van der Waals surface area (Å²) >= 11 is 5.92. The minimum atomic E-state index is -2.82. The van der Waals surface area contributed by atoms with Crippen molar-refractivity contribution < 1.29 is 13.5 Å². The molecular weight excluding hydrogens is 274 g/mol. The van der Waals surface area contributed by atoms with E-state index in [-0.39, 0.29) is 5.75 Å². The highest BCUT2D eigenvalue weighted by Gasteiger charge is 2.22. The molecule has 0 amide bonds. The van der Waals surface area contributed by atoms with Crippen molar-refractivity contribution in [1.82, 2.24) is 10.2 Å². The highest BCUT2D eigenvalue weighted by molar-refractivity contribution is 6.30. The molecule has 1 saturated heterocycles. The van der Waals surface area contributed by atoms with Crippen LogP contribution in [0.5, 0.6) is 5.75 Å². The Morgan fingerprint density at radius 1 is 1.53 bits per heavy atom. The van der Waals surface area contributed by atoms with E-state index < -0.39 is 6.61 Å². The van der Waals surface area contributed by atoms with Crippen molar-refractivity contribution in [3.63, 3.8) is 0 Å². The molecule has 0 spiro atoms. The van der Waals surface area contributed by atoms with Gasteiger partial charge >= 0.3 is 6.61 Å². The van der Waals surface area contributed by atoms with E-state index in [1.807, 2.05) is 7.05 Å². The summed E-state index contributed by atoms with van der Waals surface area (Å²) in [5.74, 6) is 0.201. The third-order valence-electron chi connectivity index (χ3n) is 3.31. The number of rotatable bonds is 5. The number of hydrogen-bond donors (Lipinski definition) is 1. The van der Waals surface area contributed by atoms with Crippen molar-refractivity contribution in [3.8, 4) is 5.75 Å². The van der Waals surface area contributed by atoms with Gasteiger partial charge in [-0.25, -0.2) is 0 Å². The number of alkyl halides is 2. The summed E-state index contributed by atoms with van der Waals surface area (Å²) in [6.45, 7) is -0.409. The summed E-state index contributed by atoms with van der Waals surface area (Å²) in [7, 11) is 1.93. The summed E-state index contributed by atoms with van der Waals surface area (Å²) in [4.78, 5) is 2.20. The van der Waals surface area contributed by atoms with Gasteiger partial charge in [0.1, 0.15) is 5.75 Å². The summed E-state index contributed by atoms with van der Waals surface area (Å²) < 4.78 is 29.2. The fraction of sp³-hybridized carbons (Fsp3) is 0.538. The molecule has 1 aliphatic rings. The molecule has 0 radical (unpaired) electrons. The van der Waals surface area contributed by atoms with Gasteiger partial charge in [0, 0.05) is 36.3 Å². The molecule has 0 aliphatic carbocycles. The molecule has 0 aromatic heterocycles. The van der Waals surface area contributed by atoms with Gasteiger partial charge < -0.3 is 10.1 Å². The predicted octanol–water partition coefficient (Wildman–Crippen LogP) is 2.74. The molecule has 1 aliphatic heterocycles. The first kappa shape index (κ1) is 14.5. The molecule has 1 heterocycles. The Bertz CT molecular complexity index is 431. The van der Waals surface area contributed by atoms with E-state index in [9.17, 15) is 8.78 Å². The molecule has 1 aromatic rings. The van der Waals surface area contributed by atoms with Gasteiger partial charge in [0.2, 0.25) is 0 Å². The lowest BCUT2D eigenvalue weighted by atomic mass is 10.2. The predicted molar refractivity (Wildman–Crippen MR) is 70.8 cm³/mol. The fourth-order valence-corrected chi connectivity index (χ4v) is 2.53. The lowest BCUT2D eigenvalue weighted by Crippen LogP contribution is -2.29. The van der Waals surface area contributed by atoms with Crippen LogP contribution in [0.4, 0.5) is 8.78 Å². The van der Waals surface area contributed by atoms with Gasteiger partial charge in [-0.1, -0.05) is 11.6 Å². The SMILES string of the molecule is CNC1CCN(Cc2cc(Cl)ccc2OC(F)F)C1. The van der Waals surface area contributed by atoms with Crippen molar-refractivity contribution in [1.29, 1.82) is 0 Å². The fourth-order valence-electron chi connectivity index (χ4n) is 2.34. The van der Waals surface area contributed by atoms with Crippen LogP contribution in [0.1, 0.15) is 12.0 Å². The molecule has 1 aromatic carbocycles. The molecule has 1 fully saturated rings. The number of nitrogens with zero attached hydrogens (tertiary/aromatic N) is 1. The highest BCUT2D eigenvalue weighted by Crippen LogP contribution is 2.27. The van der Waals surface area contributed by atoms with Gasteiger partial charge in [-0.2, -0.15) is 8.78 Å². The lowest BCUT2D eigenvalue weighted by Gasteiger charge is -2.18. The quantitative estimate of drug-likeness (QED) is 0.902. The minimum absolute atomic E-state index is 0.201. The number of hydrogen-bond acceptors (Lipinski definition) is 3. The Morgan fingerprint density at radius 2 is 2.32 bits per heavy atom. The second kappa shape index (κ2) is 6.50. The number of likely N-dealkylation sites (N-methyl/N-ethyl adjacent to an activating group) is 1. The molecule has 0 saturated carbocycles. The molecule has 1 unspecified atom stereocenters. The van der Waals surface area contributed by atoms with Gasteiger partial charge in [-0.15, -0.1) is 0 Å². The topological polar surface area (TPSA) is 24.5 Å². The summed E-state index contributed by atoms with van der Waals surface area (Å²) in [6, 6.07) is 5.20. The molecular formula is C13H17ClF2N2O. The van der Waals surface area contributed by atoms with E-state index in [2.05, 4.69) is 15.0 Å². The van der Waals surface area contributed by atoms with E-state index in [0.717, 1.165) is 19.5 Å². The number of halogens is 3. The average molecular weight is 291 g/mol. The Morgan fingerprint density at radius 3 is 2.95 bits per heavy atom. The van der Waals surface area contributed by atoms with Crippen LogP contribution >= 0.6 is 11.6 Å². The van der Waals surface area contributed by atoms with E-state index in [4.69, 9.17) is 11.6 Å². The lowest BCUT2D eigenvalue weighted by molar-refractivity contribution is -0.0507. The second-order valence-corrected chi connectivity index (χ2v) is 5.08. The first-order chi connectivity index (χ1) is 9.08. The van der Waals surface area contributed by atoms with Gasteiger partial charge in [-0.05, 0) is 31.7 Å². The van der Waals surface area contributed by atoms with Crippen LogP contribution in [0, 0.1) is 0 Å². The van der Waals surface area contributed by atoms with Gasteiger partial charge in [-0.3, -0.25) is 4.90 Å².